The largest absolute Gasteiger partial charge is 0.370 e. The number of nitrogens with one attached hydrogen (secondary N) is 1. The lowest BCUT2D eigenvalue weighted by Crippen LogP contribution is -2.45. The van der Waals surface area contributed by atoms with Crippen molar-refractivity contribution in [2.45, 2.75) is 52.1 Å². The minimum Gasteiger partial charge on any atom is -0.370 e. The van der Waals surface area contributed by atoms with Crippen LogP contribution in [-0.2, 0) is 9.53 Å². The highest BCUT2D eigenvalue weighted by atomic mass is 16.5. The van der Waals surface area contributed by atoms with Crippen LogP contribution in [0.25, 0.3) is 0 Å². The van der Waals surface area contributed by atoms with Crippen molar-refractivity contribution in [3.8, 4) is 0 Å². The number of hydrogen-bond donors (Lipinski definition) is 2. The van der Waals surface area contributed by atoms with E-state index in [4.69, 9.17) is 10.5 Å². The Labute approximate surface area is 92.6 Å². The smallest absolute Gasteiger partial charge is 0.246 e. The molecular weight excluding hydrogens is 192 g/mol. The molecule has 0 bridgehead atoms. The summed E-state index contributed by atoms with van der Waals surface area (Å²) in [5.74, 6) is -0.102. The molecule has 90 valence electrons. The minimum atomic E-state index is -0.345. The summed E-state index contributed by atoms with van der Waals surface area (Å²) >= 11 is 0. The predicted molar refractivity (Wildman–Crippen MR) is 61.6 cm³/mol. The topological polar surface area (TPSA) is 64.3 Å². The number of amides is 1. The van der Waals surface area contributed by atoms with Crippen LogP contribution in [0.1, 0.15) is 41.0 Å². The third-order valence-electron chi connectivity index (χ3n) is 1.99. The summed E-state index contributed by atoms with van der Waals surface area (Å²) in [7, 11) is 0. The van der Waals surface area contributed by atoms with Gasteiger partial charge in [-0.1, -0.05) is 6.92 Å². The van der Waals surface area contributed by atoms with Crippen LogP contribution in [0.4, 0.5) is 0 Å². The van der Waals surface area contributed by atoms with E-state index in [9.17, 15) is 4.79 Å². The first kappa shape index (κ1) is 14.4. The van der Waals surface area contributed by atoms with E-state index in [1.54, 1.807) is 0 Å². The first-order valence-corrected chi connectivity index (χ1v) is 5.34. The average molecular weight is 216 g/mol. The summed E-state index contributed by atoms with van der Waals surface area (Å²) in [5.41, 5.74) is 5.32. The fraction of sp³-hybridized carbons (Fsp3) is 0.909. The molecule has 0 aliphatic carbocycles. The van der Waals surface area contributed by atoms with E-state index in [1.807, 2.05) is 34.6 Å². The summed E-state index contributed by atoms with van der Waals surface area (Å²) < 4.78 is 5.26. The third kappa shape index (κ3) is 8.39. The number of nitrogens with two attached hydrogens (primary N) is 1. The van der Waals surface area contributed by atoms with Gasteiger partial charge < -0.3 is 15.8 Å². The van der Waals surface area contributed by atoms with Crippen molar-refractivity contribution in [2.75, 3.05) is 13.2 Å². The van der Waals surface area contributed by atoms with Crippen LogP contribution in [0.2, 0.25) is 0 Å². The molecule has 0 rings (SSSR count). The van der Waals surface area contributed by atoms with Gasteiger partial charge in [0.1, 0.15) is 6.61 Å². The van der Waals surface area contributed by atoms with E-state index < -0.39 is 0 Å². The van der Waals surface area contributed by atoms with Gasteiger partial charge in [0.2, 0.25) is 5.91 Å². The SMILES string of the molecule is CCC(C)(N)COCC(=O)NC(C)(C)C. The quantitative estimate of drug-likeness (QED) is 0.722. The van der Waals surface area contributed by atoms with Gasteiger partial charge in [0, 0.05) is 11.1 Å². The molecule has 0 saturated heterocycles. The zero-order valence-electron chi connectivity index (χ0n) is 10.5. The molecule has 0 spiro atoms. The van der Waals surface area contributed by atoms with Gasteiger partial charge in [-0.05, 0) is 34.1 Å². The fourth-order valence-electron chi connectivity index (χ4n) is 0.933. The van der Waals surface area contributed by atoms with E-state index >= 15 is 0 Å². The van der Waals surface area contributed by atoms with Crippen molar-refractivity contribution in [1.82, 2.24) is 5.32 Å². The van der Waals surface area contributed by atoms with Crippen LogP contribution in [0.3, 0.4) is 0 Å². The maximum Gasteiger partial charge on any atom is 0.246 e. The Balaban J connectivity index is 3.74. The number of carbonyl (C=O) groups excluding carboxylic acids is 1. The van der Waals surface area contributed by atoms with Crippen molar-refractivity contribution in [3.63, 3.8) is 0 Å². The Hall–Kier alpha value is -0.610. The van der Waals surface area contributed by atoms with Crippen molar-refractivity contribution in [2.24, 2.45) is 5.73 Å². The molecule has 0 aliphatic heterocycles. The second-order valence-electron chi connectivity index (χ2n) is 5.30. The number of hydrogen-bond acceptors (Lipinski definition) is 3. The zero-order chi connectivity index (χ0) is 12.1. The van der Waals surface area contributed by atoms with Gasteiger partial charge in [0.25, 0.3) is 0 Å². The lowest BCUT2D eigenvalue weighted by molar-refractivity contribution is -0.127. The molecule has 0 aromatic rings. The van der Waals surface area contributed by atoms with Crippen LogP contribution in [0.15, 0.2) is 0 Å². The van der Waals surface area contributed by atoms with Gasteiger partial charge in [0.15, 0.2) is 0 Å². The summed E-state index contributed by atoms with van der Waals surface area (Å²) in [6, 6.07) is 0. The van der Waals surface area contributed by atoms with E-state index in [1.165, 1.54) is 0 Å². The Kier molecular flexibility index (Phi) is 5.24. The van der Waals surface area contributed by atoms with Crippen LogP contribution in [0, 0.1) is 0 Å². The molecule has 0 radical (unpaired) electrons. The van der Waals surface area contributed by atoms with E-state index in [0.29, 0.717) is 6.61 Å². The van der Waals surface area contributed by atoms with Gasteiger partial charge >= 0.3 is 0 Å². The molecule has 3 N–H and O–H groups in total. The van der Waals surface area contributed by atoms with Crippen LogP contribution < -0.4 is 11.1 Å². The number of rotatable bonds is 5. The van der Waals surface area contributed by atoms with Crippen LogP contribution >= 0.6 is 0 Å². The Morgan fingerprint density at radius 3 is 2.27 bits per heavy atom. The molecule has 15 heavy (non-hydrogen) atoms. The van der Waals surface area contributed by atoms with Crippen LogP contribution in [-0.4, -0.2) is 30.2 Å². The highest BCUT2D eigenvalue weighted by molar-refractivity contribution is 5.77. The van der Waals surface area contributed by atoms with Crippen molar-refractivity contribution >= 4 is 5.91 Å². The molecule has 1 atom stereocenters. The van der Waals surface area contributed by atoms with E-state index in [-0.39, 0.29) is 23.6 Å². The highest BCUT2D eigenvalue weighted by Gasteiger charge is 2.18. The normalized spacial score (nSPS) is 15.9. The monoisotopic (exact) mass is 216 g/mol. The van der Waals surface area contributed by atoms with Gasteiger partial charge in [-0.15, -0.1) is 0 Å². The van der Waals surface area contributed by atoms with Crippen molar-refractivity contribution in [3.05, 3.63) is 0 Å². The molecule has 0 heterocycles. The lowest BCUT2D eigenvalue weighted by atomic mass is 10.0. The first-order chi connectivity index (χ1) is 6.66. The summed E-state index contributed by atoms with van der Waals surface area (Å²) in [5, 5.41) is 2.82. The molecule has 1 amide bonds. The Morgan fingerprint density at radius 2 is 1.87 bits per heavy atom. The summed E-state index contributed by atoms with van der Waals surface area (Å²) in [4.78, 5) is 11.4. The fourth-order valence-corrected chi connectivity index (χ4v) is 0.933. The second-order valence-corrected chi connectivity index (χ2v) is 5.30. The van der Waals surface area contributed by atoms with Gasteiger partial charge in [-0.2, -0.15) is 0 Å². The third-order valence-corrected chi connectivity index (χ3v) is 1.99. The van der Waals surface area contributed by atoms with Gasteiger partial charge in [0.05, 0.1) is 6.61 Å². The van der Waals surface area contributed by atoms with E-state index in [0.717, 1.165) is 6.42 Å². The highest BCUT2D eigenvalue weighted by Crippen LogP contribution is 2.04. The molecular formula is C11H24N2O2. The average Bonchev–Trinajstić information content (AvgIpc) is 2.00. The van der Waals surface area contributed by atoms with Crippen molar-refractivity contribution in [1.29, 1.82) is 0 Å². The zero-order valence-corrected chi connectivity index (χ0v) is 10.5. The number of carbonyl (C=O) groups is 1. The second kappa shape index (κ2) is 5.47. The Bertz CT molecular complexity index is 207. The van der Waals surface area contributed by atoms with Gasteiger partial charge in [-0.25, -0.2) is 0 Å². The van der Waals surface area contributed by atoms with Crippen molar-refractivity contribution < 1.29 is 9.53 Å². The van der Waals surface area contributed by atoms with Gasteiger partial charge in [-0.3, -0.25) is 4.79 Å². The summed E-state index contributed by atoms with van der Waals surface area (Å²) in [6.45, 7) is 10.2. The maximum absolute atomic E-state index is 11.4. The molecule has 4 heteroatoms. The van der Waals surface area contributed by atoms with E-state index in [2.05, 4.69) is 5.32 Å². The van der Waals surface area contributed by atoms with Crippen LogP contribution in [0.5, 0.6) is 0 Å². The predicted octanol–water partition coefficient (Wildman–Crippen LogP) is 1.05. The molecule has 0 saturated carbocycles. The maximum atomic E-state index is 11.4. The number of ether oxygens (including phenoxy) is 1. The summed E-state index contributed by atoms with van der Waals surface area (Å²) in [6.07, 6.45) is 0.827. The molecule has 0 aromatic carbocycles. The molecule has 0 aliphatic rings. The lowest BCUT2D eigenvalue weighted by Gasteiger charge is -2.23. The first-order valence-electron chi connectivity index (χ1n) is 5.34. The molecule has 0 aromatic heterocycles. The molecule has 0 fully saturated rings. The Morgan fingerprint density at radius 1 is 1.33 bits per heavy atom. The minimum absolute atomic E-state index is 0.0735. The molecule has 4 nitrogen and oxygen atoms in total. The molecule has 1 unspecified atom stereocenters. The standard InChI is InChI=1S/C11H24N2O2/c1-6-11(5,12)8-15-7-9(14)13-10(2,3)4/h6-8,12H2,1-5H3,(H,13,14).